The number of anilines is 1. The van der Waals surface area contributed by atoms with Crippen LogP contribution in [0.2, 0.25) is 10.0 Å². The van der Waals surface area contributed by atoms with Gasteiger partial charge in [0.25, 0.3) is 0 Å². The molecule has 27 heavy (non-hydrogen) atoms. The lowest BCUT2D eigenvalue weighted by Crippen LogP contribution is -2.35. The second-order valence-corrected chi connectivity index (χ2v) is 8.55. The molecule has 0 radical (unpaired) electrons. The van der Waals surface area contributed by atoms with Crippen molar-refractivity contribution in [2.24, 2.45) is 0 Å². The number of rotatable bonds is 5. The summed E-state index contributed by atoms with van der Waals surface area (Å²) in [6, 6.07) is 9.09. The van der Waals surface area contributed by atoms with Crippen molar-refractivity contribution in [1.29, 1.82) is 0 Å². The molecule has 1 amide bonds. The number of likely N-dealkylation sites (N-methyl/N-ethyl adjacent to an activating group) is 1. The van der Waals surface area contributed by atoms with Crippen LogP contribution in [0, 0.1) is 0 Å². The number of nitrogens with zero attached hydrogens (tertiary/aromatic N) is 1. The van der Waals surface area contributed by atoms with Gasteiger partial charge in [0.2, 0.25) is 15.9 Å². The summed E-state index contributed by atoms with van der Waals surface area (Å²) in [6.07, 6.45) is 0. The van der Waals surface area contributed by atoms with E-state index in [1.165, 1.54) is 25.2 Å². The summed E-state index contributed by atoms with van der Waals surface area (Å²) >= 11 is 11.9. The molecule has 0 aliphatic carbocycles. The van der Waals surface area contributed by atoms with Crippen LogP contribution in [0.15, 0.2) is 41.3 Å². The molecule has 144 valence electrons. The number of benzene rings is 2. The van der Waals surface area contributed by atoms with Gasteiger partial charge in [0.15, 0.2) is 11.5 Å². The van der Waals surface area contributed by atoms with E-state index in [4.69, 9.17) is 32.7 Å². The Morgan fingerprint density at radius 3 is 2.59 bits per heavy atom. The van der Waals surface area contributed by atoms with Crippen LogP contribution in [0.3, 0.4) is 0 Å². The van der Waals surface area contributed by atoms with Crippen LogP contribution in [0.1, 0.15) is 0 Å². The molecule has 1 aliphatic heterocycles. The van der Waals surface area contributed by atoms with Gasteiger partial charge in [-0.2, -0.15) is 4.31 Å². The quantitative estimate of drug-likeness (QED) is 0.787. The lowest BCUT2D eigenvalue weighted by atomic mass is 10.3. The number of amides is 1. The van der Waals surface area contributed by atoms with Crippen molar-refractivity contribution in [2.75, 3.05) is 32.1 Å². The van der Waals surface area contributed by atoms with Crippen molar-refractivity contribution in [3.05, 3.63) is 46.4 Å². The topological polar surface area (TPSA) is 84.9 Å². The van der Waals surface area contributed by atoms with Crippen molar-refractivity contribution < 1.29 is 22.7 Å². The highest BCUT2D eigenvalue weighted by molar-refractivity contribution is 7.89. The van der Waals surface area contributed by atoms with E-state index in [0.29, 0.717) is 30.4 Å². The summed E-state index contributed by atoms with van der Waals surface area (Å²) < 4.78 is 37.2. The maximum atomic E-state index is 12.7. The van der Waals surface area contributed by atoms with Crippen LogP contribution < -0.4 is 14.8 Å². The monoisotopic (exact) mass is 430 g/mol. The Hall–Kier alpha value is -2.00. The Morgan fingerprint density at radius 2 is 1.85 bits per heavy atom. The molecule has 7 nitrogen and oxygen atoms in total. The van der Waals surface area contributed by atoms with Gasteiger partial charge in [-0.15, -0.1) is 0 Å². The largest absolute Gasteiger partial charge is 0.486 e. The molecule has 0 atom stereocenters. The third-order valence-corrected chi connectivity index (χ3v) is 6.43. The van der Waals surface area contributed by atoms with Gasteiger partial charge in [-0.25, -0.2) is 8.42 Å². The van der Waals surface area contributed by atoms with E-state index >= 15 is 0 Å². The van der Waals surface area contributed by atoms with Crippen LogP contribution >= 0.6 is 23.2 Å². The van der Waals surface area contributed by atoms with Crippen LogP contribution in [-0.4, -0.2) is 45.4 Å². The van der Waals surface area contributed by atoms with Gasteiger partial charge in [-0.1, -0.05) is 29.3 Å². The van der Waals surface area contributed by atoms with Gasteiger partial charge in [-0.05, 0) is 24.3 Å². The Bertz CT molecular complexity index is 981. The Kier molecular flexibility index (Phi) is 5.81. The predicted molar refractivity (Wildman–Crippen MR) is 102 cm³/mol. The normalized spacial score (nSPS) is 13.5. The predicted octanol–water partition coefficient (Wildman–Crippen LogP) is 3.02. The summed E-state index contributed by atoms with van der Waals surface area (Å²) in [5, 5.41) is 3.02. The molecule has 0 bridgehead atoms. The summed E-state index contributed by atoms with van der Waals surface area (Å²) in [7, 11) is -2.59. The molecule has 0 saturated heterocycles. The van der Waals surface area contributed by atoms with Crippen molar-refractivity contribution >= 4 is 44.8 Å². The molecular formula is C17H16Cl2N2O5S. The molecule has 2 aromatic carbocycles. The van der Waals surface area contributed by atoms with Gasteiger partial charge in [0, 0.05) is 13.1 Å². The van der Waals surface area contributed by atoms with Crippen LogP contribution in [0.25, 0.3) is 0 Å². The van der Waals surface area contributed by atoms with Crippen molar-refractivity contribution in [3.63, 3.8) is 0 Å². The van der Waals surface area contributed by atoms with Gasteiger partial charge in [0.1, 0.15) is 13.2 Å². The lowest BCUT2D eigenvalue weighted by molar-refractivity contribution is -0.116. The molecule has 10 heteroatoms. The second-order valence-electron chi connectivity index (χ2n) is 5.72. The molecule has 3 rings (SSSR count). The zero-order chi connectivity index (χ0) is 19.6. The Balaban J connectivity index is 1.73. The van der Waals surface area contributed by atoms with E-state index in [9.17, 15) is 13.2 Å². The Morgan fingerprint density at radius 1 is 1.15 bits per heavy atom. The first-order chi connectivity index (χ1) is 12.8. The number of hydrogen-bond donors (Lipinski definition) is 1. The van der Waals surface area contributed by atoms with Crippen LogP contribution in [0.5, 0.6) is 11.5 Å². The average molecular weight is 431 g/mol. The average Bonchev–Trinajstić information content (AvgIpc) is 2.65. The minimum atomic E-state index is -3.90. The maximum absolute atomic E-state index is 12.7. The number of hydrogen-bond acceptors (Lipinski definition) is 5. The summed E-state index contributed by atoms with van der Waals surface area (Å²) in [6.45, 7) is 0.347. The van der Waals surface area contributed by atoms with Gasteiger partial charge >= 0.3 is 0 Å². The molecule has 0 spiro atoms. The van der Waals surface area contributed by atoms with Gasteiger partial charge in [0.05, 0.1) is 27.2 Å². The van der Waals surface area contributed by atoms with Crippen molar-refractivity contribution in [1.82, 2.24) is 4.31 Å². The molecule has 1 N–H and O–H groups in total. The third-order valence-electron chi connectivity index (χ3n) is 3.81. The molecular weight excluding hydrogens is 415 g/mol. The highest BCUT2D eigenvalue weighted by Crippen LogP contribution is 2.33. The number of nitrogens with one attached hydrogen (secondary N) is 1. The van der Waals surface area contributed by atoms with Gasteiger partial charge < -0.3 is 14.8 Å². The summed E-state index contributed by atoms with van der Waals surface area (Å²) in [4.78, 5) is 12.2. The minimum absolute atomic E-state index is 0.00263. The number of halogens is 2. The van der Waals surface area contributed by atoms with Crippen LogP contribution in [0.4, 0.5) is 5.69 Å². The Labute approximate surface area is 166 Å². The summed E-state index contributed by atoms with van der Waals surface area (Å²) in [5.41, 5.74) is 0.305. The molecule has 1 heterocycles. The highest BCUT2D eigenvalue weighted by atomic mass is 35.5. The minimum Gasteiger partial charge on any atom is -0.486 e. The first-order valence-electron chi connectivity index (χ1n) is 7.89. The zero-order valence-corrected chi connectivity index (χ0v) is 16.6. The smallest absolute Gasteiger partial charge is 0.243 e. The van der Waals surface area contributed by atoms with Crippen molar-refractivity contribution in [3.8, 4) is 11.5 Å². The molecule has 2 aromatic rings. The molecule has 0 fully saturated rings. The highest BCUT2D eigenvalue weighted by Gasteiger charge is 2.25. The fraction of sp³-hybridized carbons (Fsp3) is 0.235. The zero-order valence-electron chi connectivity index (χ0n) is 14.2. The lowest BCUT2D eigenvalue weighted by Gasteiger charge is -2.21. The van der Waals surface area contributed by atoms with E-state index in [2.05, 4.69) is 5.32 Å². The van der Waals surface area contributed by atoms with E-state index in [1.54, 1.807) is 18.2 Å². The number of carbonyl (C=O) groups is 1. The fourth-order valence-corrected chi connectivity index (χ4v) is 3.93. The van der Waals surface area contributed by atoms with E-state index in [1.807, 2.05) is 0 Å². The van der Waals surface area contributed by atoms with Crippen LogP contribution in [-0.2, 0) is 14.8 Å². The number of carbonyl (C=O) groups excluding carboxylic acids is 1. The third kappa shape index (κ3) is 4.30. The SMILES string of the molecule is CN(CC(=O)Nc1cccc(Cl)c1Cl)S(=O)(=O)c1ccc2c(c1)OCCO2. The summed E-state index contributed by atoms with van der Waals surface area (Å²) in [5.74, 6) is 0.282. The van der Waals surface area contributed by atoms with Gasteiger partial charge in [-0.3, -0.25) is 4.79 Å². The number of sulfonamides is 1. The fourth-order valence-electron chi connectivity index (χ4n) is 2.44. The standard InChI is InChI=1S/C17H16Cl2N2O5S/c1-21(10-16(22)20-13-4-2-3-12(18)17(13)19)27(23,24)11-5-6-14-15(9-11)26-8-7-25-14/h2-6,9H,7-8,10H2,1H3,(H,20,22). The van der Waals surface area contributed by atoms with E-state index in [-0.39, 0.29) is 14.9 Å². The number of ether oxygens (including phenoxy) is 2. The van der Waals surface area contributed by atoms with Crippen molar-refractivity contribution in [2.45, 2.75) is 4.90 Å². The second kappa shape index (κ2) is 7.93. The molecule has 0 unspecified atom stereocenters. The number of fused-ring (bicyclic) bond motifs is 1. The first-order valence-corrected chi connectivity index (χ1v) is 10.1. The maximum Gasteiger partial charge on any atom is 0.243 e. The van der Waals surface area contributed by atoms with E-state index in [0.717, 1.165) is 4.31 Å². The van der Waals surface area contributed by atoms with E-state index < -0.39 is 22.5 Å². The molecule has 1 aliphatic rings. The molecule has 0 saturated carbocycles. The first kappa shape index (κ1) is 19.8. The molecule has 0 aromatic heterocycles.